The molecule has 0 saturated carbocycles. The highest BCUT2D eigenvalue weighted by atomic mass is 16.2. The highest BCUT2D eigenvalue weighted by Gasteiger charge is 2.26. The molecule has 7 heteroatoms. The number of hydrogen-bond donors (Lipinski definition) is 1. The molecule has 2 atom stereocenters. The molecule has 0 radical (unpaired) electrons. The normalized spacial score (nSPS) is 22.3. The fraction of sp³-hybridized carbons (Fsp3) is 0.429. The average molecular weight is 286 g/mol. The molecule has 7 nitrogen and oxygen atoms in total. The first-order valence-corrected chi connectivity index (χ1v) is 7.03. The van der Waals surface area contributed by atoms with E-state index < -0.39 is 0 Å². The molecule has 2 aromatic rings. The second-order valence-electron chi connectivity index (χ2n) is 5.48. The molecule has 21 heavy (non-hydrogen) atoms. The molecule has 3 rings (SSSR count). The summed E-state index contributed by atoms with van der Waals surface area (Å²) in [7, 11) is 0. The maximum Gasteiger partial charge on any atom is 0.253 e. The molecule has 1 fully saturated rings. The summed E-state index contributed by atoms with van der Waals surface area (Å²) >= 11 is 0. The van der Waals surface area contributed by atoms with E-state index in [9.17, 15) is 4.79 Å². The van der Waals surface area contributed by atoms with E-state index in [-0.39, 0.29) is 11.9 Å². The van der Waals surface area contributed by atoms with Gasteiger partial charge in [-0.1, -0.05) is 6.92 Å². The van der Waals surface area contributed by atoms with Crippen LogP contribution in [0.5, 0.6) is 0 Å². The van der Waals surface area contributed by atoms with E-state index in [2.05, 4.69) is 22.4 Å². The van der Waals surface area contributed by atoms with Gasteiger partial charge in [-0.25, -0.2) is 4.68 Å². The Kier molecular flexibility index (Phi) is 3.66. The topological polar surface area (TPSA) is 89.9 Å². The van der Waals surface area contributed by atoms with Gasteiger partial charge in [0.25, 0.3) is 5.91 Å². The van der Waals surface area contributed by atoms with E-state index in [4.69, 9.17) is 5.73 Å². The minimum Gasteiger partial charge on any atom is -0.337 e. The van der Waals surface area contributed by atoms with Gasteiger partial charge in [0.1, 0.15) is 6.33 Å². The molecule has 2 unspecified atom stereocenters. The van der Waals surface area contributed by atoms with Crippen molar-refractivity contribution in [2.75, 3.05) is 13.1 Å². The Morgan fingerprint density at radius 1 is 1.33 bits per heavy atom. The summed E-state index contributed by atoms with van der Waals surface area (Å²) in [6.07, 6.45) is 2.47. The molecule has 0 bridgehead atoms. The summed E-state index contributed by atoms with van der Waals surface area (Å²) in [6.45, 7) is 3.52. The first kappa shape index (κ1) is 13.7. The van der Waals surface area contributed by atoms with Crippen molar-refractivity contribution in [2.24, 2.45) is 11.7 Å². The summed E-state index contributed by atoms with van der Waals surface area (Å²) in [5, 5.41) is 11.0. The number of amides is 1. The second kappa shape index (κ2) is 5.61. The maximum atomic E-state index is 12.5. The van der Waals surface area contributed by atoms with E-state index in [0.29, 0.717) is 18.0 Å². The lowest BCUT2D eigenvalue weighted by atomic mass is 9.94. The van der Waals surface area contributed by atoms with E-state index >= 15 is 0 Å². The van der Waals surface area contributed by atoms with Crippen molar-refractivity contribution in [2.45, 2.75) is 19.4 Å². The van der Waals surface area contributed by atoms with Gasteiger partial charge in [-0.3, -0.25) is 4.79 Å². The number of benzene rings is 1. The number of likely N-dealkylation sites (tertiary alicyclic amines) is 1. The number of hydrogen-bond acceptors (Lipinski definition) is 5. The van der Waals surface area contributed by atoms with Crippen LogP contribution in [-0.2, 0) is 0 Å². The van der Waals surface area contributed by atoms with Gasteiger partial charge in [-0.15, -0.1) is 5.10 Å². The Morgan fingerprint density at radius 3 is 2.71 bits per heavy atom. The maximum absolute atomic E-state index is 12.5. The zero-order valence-electron chi connectivity index (χ0n) is 11.9. The summed E-state index contributed by atoms with van der Waals surface area (Å²) < 4.78 is 1.55. The number of tetrazole rings is 1. The van der Waals surface area contributed by atoms with Crippen LogP contribution in [-0.4, -0.2) is 50.1 Å². The van der Waals surface area contributed by atoms with E-state index in [1.54, 1.807) is 16.8 Å². The second-order valence-corrected chi connectivity index (χ2v) is 5.48. The van der Waals surface area contributed by atoms with Crippen molar-refractivity contribution < 1.29 is 4.79 Å². The number of aromatic nitrogens is 4. The van der Waals surface area contributed by atoms with Crippen molar-refractivity contribution in [1.82, 2.24) is 25.1 Å². The Balaban J connectivity index is 1.73. The first-order valence-electron chi connectivity index (χ1n) is 7.03. The minimum atomic E-state index is 0.0283. The predicted octanol–water partition coefficient (Wildman–Crippen LogP) is 0.472. The highest BCUT2D eigenvalue weighted by molar-refractivity contribution is 5.94. The fourth-order valence-electron chi connectivity index (χ4n) is 2.50. The Hall–Kier alpha value is -2.28. The SMILES string of the molecule is CC1CCN(C(=O)c2ccc(-n3cnnn3)cc2)CC1N. The quantitative estimate of drug-likeness (QED) is 0.866. The third-order valence-corrected chi connectivity index (χ3v) is 4.03. The van der Waals surface area contributed by atoms with Crippen LogP contribution >= 0.6 is 0 Å². The van der Waals surface area contributed by atoms with Crippen LogP contribution in [0.15, 0.2) is 30.6 Å². The molecule has 1 aliphatic rings. The predicted molar refractivity (Wildman–Crippen MR) is 76.8 cm³/mol. The van der Waals surface area contributed by atoms with E-state index in [1.807, 2.05) is 17.0 Å². The zero-order chi connectivity index (χ0) is 14.8. The van der Waals surface area contributed by atoms with Gasteiger partial charge < -0.3 is 10.6 Å². The van der Waals surface area contributed by atoms with Crippen LogP contribution in [0.2, 0.25) is 0 Å². The summed E-state index contributed by atoms with van der Waals surface area (Å²) in [6, 6.07) is 7.31. The molecule has 2 heterocycles. The first-order chi connectivity index (χ1) is 10.1. The Bertz CT molecular complexity index is 609. The lowest BCUT2D eigenvalue weighted by Gasteiger charge is -2.35. The van der Waals surface area contributed by atoms with Crippen molar-refractivity contribution in [3.63, 3.8) is 0 Å². The zero-order valence-corrected chi connectivity index (χ0v) is 11.9. The molecular formula is C14H18N6O. The Labute approximate surface area is 122 Å². The van der Waals surface area contributed by atoms with Crippen LogP contribution in [0.4, 0.5) is 0 Å². The third-order valence-electron chi connectivity index (χ3n) is 4.03. The molecule has 1 aliphatic heterocycles. The largest absolute Gasteiger partial charge is 0.337 e. The molecule has 1 aromatic carbocycles. The molecule has 110 valence electrons. The van der Waals surface area contributed by atoms with Gasteiger partial charge in [-0.2, -0.15) is 0 Å². The van der Waals surface area contributed by atoms with Crippen molar-refractivity contribution in [1.29, 1.82) is 0 Å². The Morgan fingerprint density at radius 2 is 2.10 bits per heavy atom. The van der Waals surface area contributed by atoms with Crippen LogP contribution in [0.25, 0.3) is 5.69 Å². The van der Waals surface area contributed by atoms with Crippen LogP contribution in [0.3, 0.4) is 0 Å². The van der Waals surface area contributed by atoms with Crippen molar-refractivity contribution in [3.8, 4) is 5.69 Å². The summed E-state index contributed by atoms with van der Waals surface area (Å²) in [4.78, 5) is 14.3. The lowest BCUT2D eigenvalue weighted by Crippen LogP contribution is -2.49. The van der Waals surface area contributed by atoms with Gasteiger partial charge in [-0.05, 0) is 47.0 Å². The van der Waals surface area contributed by atoms with Gasteiger partial charge in [0.05, 0.1) is 5.69 Å². The van der Waals surface area contributed by atoms with Crippen molar-refractivity contribution >= 4 is 5.91 Å². The standard InChI is InChI=1S/C14H18N6O/c1-10-6-7-19(8-13(10)15)14(21)11-2-4-12(5-3-11)20-9-16-17-18-20/h2-5,9-10,13H,6-8,15H2,1H3. The molecule has 0 spiro atoms. The molecule has 0 aliphatic carbocycles. The molecule has 2 N–H and O–H groups in total. The smallest absolute Gasteiger partial charge is 0.253 e. The highest BCUT2D eigenvalue weighted by Crippen LogP contribution is 2.18. The van der Waals surface area contributed by atoms with Gasteiger partial charge in [0, 0.05) is 24.7 Å². The van der Waals surface area contributed by atoms with Crippen LogP contribution < -0.4 is 5.73 Å². The fourth-order valence-corrected chi connectivity index (χ4v) is 2.50. The molecule has 1 amide bonds. The number of nitrogens with two attached hydrogens (primary N) is 1. The monoisotopic (exact) mass is 286 g/mol. The summed E-state index contributed by atoms with van der Waals surface area (Å²) in [5.41, 5.74) is 7.53. The minimum absolute atomic E-state index is 0.0283. The van der Waals surface area contributed by atoms with Crippen molar-refractivity contribution in [3.05, 3.63) is 36.2 Å². The van der Waals surface area contributed by atoms with Gasteiger partial charge in [0.2, 0.25) is 0 Å². The number of carbonyl (C=O) groups excluding carboxylic acids is 1. The van der Waals surface area contributed by atoms with Crippen LogP contribution in [0, 0.1) is 5.92 Å². The number of rotatable bonds is 2. The third kappa shape index (κ3) is 2.78. The lowest BCUT2D eigenvalue weighted by molar-refractivity contribution is 0.0672. The van der Waals surface area contributed by atoms with Crippen LogP contribution in [0.1, 0.15) is 23.7 Å². The number of nitrogens with zero attached hydrogens (tertiary/aromatic N) is 5. The van der Waals surface area contributed by atoms with Gasteiger partial charge >= 0.3 is 0 Å². The number of piperidine rings is 1. The molecule has 1 saturated heterocycles. The summed E-state index contributed by atoms with van der Waals surface area (Å²) in [5.74, 6) is 0.497. The molecular weight excluding hydrogens is 268 g/mol. The van der Waals surface area contributed by atoms with Gasteiger partial charge in [0.15, 0.2) is 0 Å². The number of carbonyl (C=O) groups is 1. The van der Waals surface area contributed by atoms with E-state index in [1.165, 1.54) is 6.33 Å². The van der Waals surface area contributed by atoms with E-state index in [0.717, 1.165) is 18.7 Å². The average Bonchev–Trinajstić information content (AvgIpc) is 3.04. The molecule has 1 aromatic heterocycles.